The minimum atomic E-state index is -0.949. The molecule has 1 aliphatic heterocycles. The number of ether oxygens (including phenoxy) is 1. The number of urea groups is 1. The Balaban J connectivity index is 2.09. The van der Waals surface area contributed by atoms with Crippen LogP contribution in [0.25, 0.3) is 0 Å². The molecule has 1 saturated heterocycles. The summed E-state index contributed by atoms with van der Waals surface area (Å²) < 4.78 is 5.19. The Labute approximate surface area is 106 Å². The summed E-state index contributed by atoms with van der Waals surface area (Å²) in [5.41, 5.74) is 0. The molecular formula is C12H20N2O4. The van der Waals surface area contributed by atoms with Crippen LogP contribution in [-0.4, -0.2) is 65.3 Å². The van der Waals surface area contributed by atoms with Crippen LogP contribution in [0.3, 0.4) is 0 Å². The Morgan fingerprint density at radius 3 is 2.56 bits per heavy atom. The Kier molecular flexibility index (Phi) is 3.75. The molecule has 1 aliphatic carbocycles. The van der Waals surface area contributed by atoms with Gasteiger partial charge in [-0.2, -0.15) is 0 Å². The maximum atomic E-state index is 12.4. The van der Waals surface area contributed by atoms with Crippen molar-refractivity contribution in [2.24, 2.45) is 0 Å². The highest BCUT2D eigenvalue weighted by Gasteiger charge is 2.43. The van der Waals surface area contributed by atoms with E-state index in [-0.39, 0.29) is 12.1 Å². The van der Waals surface area contributed by atoms with Gasteiger partial charge >= 0.3 is 12.0 Å². The van der Waals surface area contributed by atoms with Crippen molar-refractivity contribution in [2.45, 2.75) is 44.4 Å². The molecule has 2 rings (SSSR count). The molecule has 18 heavy (non-hydrogen) atoms. The lowest BCUT2D eigenvalue weighted by Crippen LogP contribution is -2.49. The third-order valence-electron chi connectivity index (χ3n) is 3.70. The third kappa shape index (κ3) is 2.43. The molecule has 2 fully saturated rings. The molecule has 2 atom stereocenters. The van der Waals surface area contributed by atoms with Gasteiger partial charge in [0, 0.05) is 32.7 Å². The smallest absolute Gasteiger partial charge is 0.326 e. The number of likely N-dealkylation sites (tertiary alicyclic amines) is 1. The summed E-state index contributed by atoms with van der Waals surface area (Å²) in [6.07, 6.45) is 2.25. The van der Waals surface area contributed by atoms with Crippen LogP contribution < -0.4 is 0 Å². The zero-order chi connectivity index (χ0) is 13.3. The standard InChI is InChI=1S/C12H20N2O4/c1-3-13(8-4-5-8)12(17)14-7-9(18-2)6-10(14)11(15)16/h8-10H,3-7H2,1-2H3,(H,15,16). The van der Waals surface area contributed by atoms with Gasteiger partial charge in [-0.15, -0.1) is 0 Å². The lowest BCUT2D eigenvalue weighted by Gasteiger charge is -2.29. The summed E-state index contributed by atoms with van der Waals surface area (Å²) in [6.45, 7) is 2.93. The predicted molar refractivity (Wildman–Crippen MR) is 64.3 cm³/mol. The predicted octanol–water partition coefficient (Wildman–Crippen LogP) is 0.765. The highest BCUT2D eigenvalue weighted by molar-refractivity contribution is 5.83. The maximum Gasteiger partial charge on any atom is 0.326 e. The van der Waals surface area contributed by atoms with Gasteiger partial charge in [-0.1, -0.05) is 0 Å². The SMILES string of the molecule is CCN(C(=O)N1CC(OC)CC1C(=O)O)C1CC1. The first-order valence-electron chi connectivity index (χ1n) is 6.41. The number of rotatable bonds is 4. The summed E-state index contributed by atoms with van der Waals surface area (Å²) in [5.74, 6) is -0.949. The van der Waals surface area contributed by atoms with E-state index in [0.717, 1.165) is 12.8 Å². The van der Waals surface area contributed by atoms with Crippen molar-refractivity contribution >= 4 is 12.0 Å². The average molecular weight is 256 g/mol. The summed E-state index contributed by atoms with van der Waals surface area (Å²) in [6, 6.07) is -0.610. The molecule has 1 heterocycles. The van der Waals surface area contributed by atoms with E-state index in [0.29, 0.717) is 25.6 Å². The molecule has 6 nitrogen and oxygen atoms in total. The lowest BCUT2D eigenvalue weighted by atomic mass is 10.2. The molecule has 0 spiro atoms. The van der Waals surface area contributed by atoms with Crippen LogP contribution in [-0.2, 0) is 9.53 Å². The van der Waals surface area contributed by atoms with Crippen molar-refractivity contribution in [3.05, 3.63) is 0 Å². The molecule has 0 aromatic heterocycles. The highest BCUT2D eigenvalue weighted by Crippen LogP contribution is 2.30. The van der Waals surface area contributed by atoms with Crippen LogP contribution in [0.2, 0.25) is 0 Å². The van der Waals surface area contributed by atoms with Gasteiger partial charge in [0.2, 0.25) is 0 Å². The van der Waals surface area contributed by atoms with Gasteiger partial charge in [-0.3, -0.25) is 0 Å². The van der Waals surface area contributed by atoms with E-state index < -0.39 is 12.0 Å². The second-order valence-electron chi connectivity index (χ2n) is 4.90. The van der Waals surface area contributed by atoms with Crippen LogP contribution in [0.15, 0.2) is 0 Å². The van der Waals surface area contributed by atoms with Gasteiger partial charge in [-0.25, -0.2) is 9.59 Å². The highest BCUT2D eigenvalue weighted by atomic mass is 16.5. The molecule has 2 aliphatic rings. The van der Waals surface area contributed by atoms with Crippen molar-refractivity contribution in [3.8, 4) is 0 Å². The molecule has 2 unspecified atom stereocenters. The molecule has 6 heteroatoms. The number of carbonyl (C=O) groups excluding carboxylic acids is 1. The molecule has 1 saturated carbocycles. The van der Waals surface area contributed by atoms with Crippen molar-refractivity contribution in [2.75, 3.05) is 20.2 Å². The van der Waals surface area contributed by atoms with Crippen molar-refractivity contribution < 1.29 is 19.4 Å². The molecule has 0 radical (unpaired) electrons. The van der Waals surface area contributed by atoms with Crippen molar-refractivity contribution in [1.29, 1.82) is 0 Å². The lowest BCUT2D eigenvalue weighted by molar-refractivity contribution is -0.141. The van der Waals surface area contributed by atoms with E-state index in [1.54, 1.807) is 12.0 Å². The van der Waals surface area contributed by atoms with E-state index in [4.69, 9.17) is 4.74 Å². The fourth-order valence-corrected chi connectivity index (χ4v) is 2.51. The number of methoxy groups -OCH3 is 1. The second kappa shape index (κ2) is 5.14. The van der Waals surface area contributed by atoms with Crippen LogP contribution in [0.5, 0.6) is 0 Å². The Morgan fingerprint density at radius 1 is 1.44 bits per heavy atom. The van der Waals surface area contributed by atoms with E-state index in [1.165, 1.54) is 4.90 Å². The molecule has 2 amide bonds. The van der Waals surface area contributed by atoms with Crippen LogP contribution in [0.1, 0.15) is 26.2 Å². The van der Waals surface area contributed by atoms with Gasteiger partial charge in [0.15, 0.2) is 0 Å². The number of hydrogen-bond donors (Lipinski definition) is 1. The Hall–Kier alpha value is -1.30. The first-order chi connectivity index (χ1) is 8.58. The van der Waals surface area contributed by atoms with Gasteiger partial charge in [0.25, 0.3) is 0 Å². The molecule has 0 bridgehead atoms. The van der Waals surface area contributed by atoms with E-state index in [1.807, 2.05) is 6.92 Å². The van der Waals surface area contributed by atoms with E-state index in [9.17, 15) is 14.7 Å². The first-order valence-corrected chi connectivity index (χ1v) is 6.41. The van der Waals surface area contributed by atoms with Gasteiger partial charge < -0.3 is 19.6 Å². The zero-order valence-electron chi connectivity index (χ0n) is 10.8. The van der Waals surface area contributed by atoms with E-state index in [2.05, 4.69) is 0 Å². The first kappa shape index (κ1) is 13.1. The largest absolute Gasteiger partial charge is 0.480 e. The fourth-order valence-electron chi connectivity index (χ4n) is 2.51. The minimum Gasteiger partial charge on any atom is -0.480 e. The number of hydrogen-bond acceptors (Lipinski definition) is 3. The Bertz CT molecular complexity index is 343. The van der Waals surface area contributed by atoms with Gasteiger partial charge in [0.05, 0.1) is 6.10 Å². The summed E-state index contributed by atoms with van der Waals surface area (Å²) >= 11 is 0. The average Bonchev–Trinajstić information content (AvgIpc) is 3.07. The summed E-state index contributed by atoms with van der Waals surface area (Å²) in [5, 5.41) is 9.19. The van der Waals surface area contributed by atoms with Crippen molar-refractivity contribution in [1.82, 2.24) is 9.80 Å². The molecule has 0 aromatic rings. The fraction of sp³-hybridized carbons (Fsp3) is 0.833. The summed E-state index contributed by atoms with van der Waals surface area (Å²) in [7, 11) is 1.55. The summed E-state index contributed by atoms with van der Waals surface area (Å²) in [4.78, 5) is 26.8. The van der Waals surface area contributed by atoms with Crippen LogP contribution in [0, 0.1) is 0 Å². The molecule has 102 valence electrons. The number of nitrogens with zero attached hydrogens (tertiary/aromatic N) is 2. The monoisotopic (exact) mass is 256 g/mol. The van der Waals surface area contributed by atoms with Crippen LogP contribution in [0.4, 0.5) is 4.79 Å². The number of aliphatic carboxylic acids is 1. The number of carbonyl (C=O) groups is 2. The molecule has 0 aromatic carbocycles. The normalized spacial score (nSPS) is 27.3. The third-order valence-corrected chi connectivity index (χ3v) is 3.70. The van der Waals surface area contributed by atoms with Gasteiger partial charge in [-0.05, 0) is 19.8 Å². The second-order valence-corrected chi connectivity index (χ2v) is 4.90. The number of amides is 2. The van der Waals surface area contributed by atoms with E-state index >= 15 is 0 Å². The van der Waals surface area contributed by atoms with Gasteiger partial charge in [0.1, 0.15) is 6.04 Å². The van der Waals surface area contributed by atoms with Crippen LogP contribution >= 0.6 is 0 Å². The topological polar surface area (TPSA) is 70.1 Å². The molecular weight excluding hydrogens is 236 g/mol. The number of carboxylic acid groups (broad SMARTS) is 1. The quantitative estimate of drug-likeness (QED) is 0.806. The zero-order valence-corrected chi connectivity index (χ0v) is 10.8. The molecule has 1 N–H and O–H groups in total. The Morgan fingerprint density at radius 2 is 2.11 bits per heavy atom. The number of carboxylic acids is 1. The van der Waals surface area contributed by atoms with Crippen molar-refractivity contribution in [3.63, 3.8) is 0 Å². The minimum absolute atomic E-state index is 0.160. The maximum absolute atomic E-state index is 12.4.